The molecule has 0 atom stereocenters. The van der Waals surface area contributed by atoms with E-state index >= 15 is 0 Å². The number of piperidine rings is 1. The van der Waals surface area contributed by atoms with Crippen LogP contribution >= 0.6 is 0 Å². The molecule has 0 spiro atoms. The summed E-state index contributed by atoms with van der Waals surface area (Å²) in [6, 6.07) is 0.249. The highest BCUT2D eigenvalue weighted by molar-refractivity contribution is 5.68. The molecule has 1 fully saturated rings. The molecule has 1 heterocycles. The third-order valence-electron chi connectivity index (χ3n) is 3.16. The van der Waals surface area contributed by atoms with Gasteiger partial charge in [-0.25, -0.2) is 4.79 Å². The van der Waals surface area contributed by atoms with Gasteiger partial charge in [0.25, 0.3) is 0 Å². The smallest absolute Gasteiger partial charge is 0.407 e. The number of alkyl carbamates (subject to hydrolysis) is 1. The SMILES string of the molecule is CC(C)(C)OC(=O)NC1CCN(C(C)(C)C)CC1. The molecule has 0 aromatic rings. The molecule has 0 bridgehead atoms. The molecule has 1 aliphatic heterocycles. The molecule has 4 nitrogen and oxygen atoms in total. The second-order valence-corrected chi connectivity index (χ2v) is 7.08. The molecule has 0 aromatic carbocycles. The molecule has 106 valence electrons. The van der Waals surface area contributed by atoms with Crippen molar-refractivity contribution < 1.29 is 9.53 Å². The normalized spacial score (nSPS) is 19.7. The lowest BCUT2D eigenvalue weighted by atomic mass is 9.98. The summed E-state index contributed by atoms with van der Waals surface area (Å²) in [5, 5.41) is 2.96. The van der Waals surface area contributed by atoms with Gasteiger partial charge in [-0.1, -0.05) is 0 Å². The maximum absolute atomic E-state index is 11.7. The molecule has 0 aromatic heterocycles. The number of ether oxygens (including phenoxy) is 1. The zero-order chi connectivity index (χ0) is 14.0. The molecular weight excluding hydrogens is 228 g/mol. The van der Waals surface area contributed by atoms with Gasteiger partial charge in [0.15, 0.2) is 0 Å². The van der Waals surface area contributed by atoms with Gasteiger partial charge in [-0.15, -0.1) is 0 Å². The topological polar surface area (TPSA) is 41.6 Å². The van der Waals surface area contributed by atoms with Gasteiger partial charge in [0.05, 0.1) is 0 Å². The zero-order valence-corrected chi connectivity index (χ0v) is 12.7. The third kappa shape index (κ3) is 5.25. The summed E-state index contributed by atoms with van der Waals surface area (Å²) in [6.07, 6.45) is 1.70. The van der Waals surface area contributed by atoms with E-state index in [0.717, 1.165) is 25.9 Å². The average Bonchev–Trinajstić information content (AvgIpc) is 2.13. The molecule has 1 saturated heterocycles. The van der Waals surface area contributed by atoms with Gasteiger partial charge in [0.1, 0.15) is 5.60 Å². The molecule has 1 rings (SSSR count). The lowest BCUT2D eigenvalue weighted by Gasteiger charge is -2.41. The van der Waals surface area contributed by atoms with Crippen molar-refractivity contribution in [1.29, 1.82) is 0 Å². The van der Waals surface area contributed by atoms with E-state index < -0.39 is 5.60 Å². The van der Waals surface area contributed by atoms with Crippen molar-refractivity contribution in [2.24, 2.45) is 0 Å². The van der Waals surface area contributed by atoms with Crippen LogP contribution < -0.4 is 5.32 Å². The highest BCUT2D eigenvalue weighted by Crippen LogP contribution is 2.20. The van der Waals surface area contributed by atoms with Crippen molar-refractivity contribution in [3.8, 4) is 0 Å². The van der Waals surface area contributed by atoms with Crippen LogP contribution in [0.15, 0.2) is 0 Å². The first kappa shape index (κ1) is 15.3. The van der Waals surface area contributed by atoms with Crippen LogP contribution in [-0.4, -0.2) is 41.3 Å². The van der Waals surface area contributed by atoms with Gasteiger partial charge < -0.3 is 10.1 Å². The zero-order valence-electron chi connectivity index (χ0n) is 12.7. The highest BCUT2D eigenvalue weighted by atomic mass is 16.6. The van der Waals surface area contributed by atoms with Crippen LogP contribution in [0.1, 0.15) is 54.4 Å². The molecule has 1 amide bonds. The summed E-state index contributed by atoms with van der Waals surface area (Å²) in [4.78, 5) is 14.1. The van der Waals surface area contributed by atoms with Gasteiger partial charge in [0.2, 0.25) is 0 Å². The van der Waals surface area contributed by atoms with Gasteiger partial charge >= 0.3 is 6.09 Å². The predicted octanol–water partition coefficient (Wildman–Crippen LogP) is 2.77. The van der Waals surface area contributed by atoms with E-state index in [4.69, 9.17) is 4.74 Å². The Labute approximate surface area is 111 Å². The number of amides is 1. The summed E-state index contributed by atoms with van der Waals surface area (Å²) < 4.78 is 5.27. The summed E-state index contributed by atoms with van der Waals surface area (Å²) in [6.45, 7) is 14.4. The Morgan fingerprint density at radius 3 is 2.00 bits per heavy atom. The van der Waals surface area contributed by atoms with Crippen molar-refractivity contribution >= 4 is 6.09 Å². The minimum atomic E-state index is -0.420. The van der Waals surface area contributed by atoms with Crippen LogP contribution in [0, 0.1) is 0 Å². The van der Waals surface area contributed by atoms with Crippen molar-refractivity contribution in [1.82, 2.24) is 10.2 Å². The molecular formula is C14H28N2O2. The number of hydrogen-bond acceptors (Lipinski definition) is 3. The maximum Gasteiger partial charge on any atom is 0.407 e. The summed E-state index contributed by atoms with van der Waals surface area (Å²) in [5.74, 6) is 0. The Hall–Kier alpha value is -0.770. The molecule has 0 unspecified atom stereocenters. The second-order valence-electron chi connectivity index (χ2n) is 7.08. The van der Waals surface area contributed by atoms with E-state index in [1.165, 1.54) is 0 Å². The van der Waals surface area contributed by atoms with E-state index in [1.54, 1.807) is 0 Å². The fourth-order valence-electron chi connectivity index (χ4n) is 2.17. The first-order valence-electron chi connectivity index (χ1n) is 6.82. The van der Waals surface area contributed by atoms with Crippen LogP contribution in [0.2, 0.25) is 0 Å². The van der Waals surface area contributed by atoms with Crippen LogP contribution in [-0.2, 0) is 4.74 Å². The van der Waals surface area contributed by atoms with Gasteiger partial charge in [-0.05, 0) is 54.4 Å². The van der Waals surface area contributed by atoms with Crippen LogP contribution in [0.25, 0.3) is 0 Å². The lowest BCUT2D eigenvalue weighted by Crippen LogP contribution is -2.51. The molecule has 1 aliphatic rings. The first-order valence-corrected chi connectivity index (χ1v) is 6.82. The van der Waals surface area contributed by atoms with E-state index in [0.29, 0.717) is 0 Å². The van der Waals surface area contributed by atoms with E-state index in [9.17, 15) is 4.79 Å². The number of nitrogens with zero attached hydrogens (tertiary/aromatic N) is 1. The summed E-state index contributed by atoms with van der Waals surface area (Å²) >= 11 is 0. The molecule has 0 aliphatic carbocycles. The number of nitrogens with one attached hydrogen (secondary N) is 1. The largest absolute Gasteiger partial charge is 0.444 e. The van der Waals surface area contributed by atoms with Crippen LogP contribution in [0.4, 0.5) is 4.79 Å². The van der Waals surface area contributed by atoms with E-state index in [2.05, 4.69) is 31.0 Å². The Balaban J connectivity index is 2.34. The van der Waals surface area contributed by atoms with E-state index in [-0.39, 0.29) is 17.7 Å². The maximum atomic E-state index is 11.7. The third-order valence-corrected chi connectivity index (χ3v) is 3.16. The molecule has 4 heteroatoms. The molecule has 18 heavy (non-hydrogen) atoms. The fraction of sp³-hybridized carbons (Fsp3) is 0.929. The Morgan fingerprint density at radius 1 is 1.11 bits per heavy atom. The number of hydrogen-bond donors (Lipinski definition) is 1. The predicted molar refractivity (Wildman–Crippen MR) is 73.7 cm³/mol. The Bertz CT molecular complexity index is 281. The highest BCUT2D eigenvalue weighted by Gasteiger charge is 2.28. The minimum absolute atomic E-state index is 0.219. The van der Waals surface area contributed by atoms with Crippen molar-refractivity contribution in [2.45, 2.75) is 71.6 Å². The summed E-state index contributed by atoms with van der Waals surface area (Å²) in [7, 11) is 0. The van der Waals surface area contributed by atoms with Gasteiger partial charge in [-0.2, -0.15) is 0 Å². The average molecular weight is 256 g/mol. The summed E-state index contributed by atoms with van der Waals surface area (Å²) in [5.41, 5.74) is -0.201. The molecule has 0 saturated carbocycles. The number of carbonyl (C=O) groups excluding carboxylic acids is 1. The van der Waals surface area contributed by atoms with Crippen LogP contribution in [0.5, 0.6) is 0 Å². The second kappa shape index (κ2) is 5.47. The Kier molecular flexibility index (Phi) is 4.65. The van der Waals surface area contributed by atoms with Crippen molar-refractivity contribution in [3.63, 3.8) is 0 Å². The van der Waals surface area contributed by atoms with Gasteiger partial charge in [-0.3, -0.25) is 4.90 Å². The van der Waals surface area contributed by atoms with Gasteiger partial charge in [0, 0.05) is 24.7 Å². The monoisotopic (exact) mass is 256 g/mol. The van der Waals surface area contributed by atoms with Crippen LogP contribution in [0.3, 0.4) is 0 Å². The number of rotatable bonds is 1. The standard InChI is InChI=1S/C14H28N2O2/c1-13(2,3)16-9-7-11(8-10-16)15-12(17)18-14(4,5)6/h11H,7-10H2,1-6H3,(H,15,17). The number of likely N-dealkylation sites (tertiary alicyclic amines) is 1. The lowest BCUT2D eigenvalue weighted by molar-refractivity contribution is 0.0445. The Morgan fingerprint density at radius 2 is 1.61 bits per heavy atom. The molecule has 1 N–H and O–H groups in total. The van der Waals surface area contributed by atoms with E-state index in [1.807, 2.05) is 20.8 Å². The quantitative estimate of drug-likeness (QED) is 0.784. The van der Waals surface area contributed by atoms with Crippen molar-refractivity contribution in [2.75, 3.05) is 13.1 Å². The number of carbonyl (C=O) groups is 1. The molecule has 0 radical (unpaired) electrons. The van der Waals surface area contributed by atoms with Crippen molar-refractivity contribution in [3.05, 3.63) is 0 Å². The minimum Gasteiger partial charge on any atom is -0.444 e. The first-order chi connectivity index (χ1) is 8.08. The fourth-order valence-corrected chi connectivity index (χ4v) is 2.17.